The molecule has 0 bridgehead atoms. The lowest BCUT2D eigenvalue weighted by Crippen LogP contribution is -2.41. The molecule has 6 nitrogen and oxygen atoms in total. The van der Waals surface area contributed by atoms with E-state index in [4.69, 9.17) is 14.2 Å². The Morgan fingerprint density at radius 2 is 1.72 bits per heavy atom. The van der Waals surface area contributed by atoms with Crippen LogP contribution in [-0.2, 0) is 21.6 Å². The smallest absolute Gasteiger partial charge is 0.167 e. The van der Waals surface area contributed by atoms with Crippen LogP contribution in [0.4, 0.5) is 0 Å². The second-order valence-corrected chi connectivity index (χ2v) is 11.3. The molecule has 3 unspecified atom stereocenters. The molecule has 2 fully saturated rings. The first kappa shape index (κ1) is 27.4. The highest BCUT2D eigenvalue weighted by atomic mass is 16.5. The van der Waals surface area contributed by atoms with E-state index in [0.29, 0.717) is 37.8 Å². The summed E-state index contributed by atoms with van der Waals surface area (Å²) in [5.74, 6) is 1.36. The number of hydrogen-bond donors (Lipinski definition) is 1. The molecule has 1 heterocycles. The highest BCUT2D eigenvalue weighted by molar-refractivity contribution is 5.56. The van der Waals surface area contributed by atoms with Crippen molar-refractivity contribution in [2.75, 3.05) is 26.8 Å². The van der Waals surface area contributed by atoms with Crippen molar-refractivity contribution in [3.63, 3.8) is 0 Å². The number of aliphatic hydroxyl groups is 1. The zero-order chi connectivity index (χ0) is 27.5. The topological polar surface area (TPSA) is 68.2 Å². The number of benzene rings is 3. The molecule has 1 aliphatic carbocycles. The molecule has 2 aliphatic rings. The molecule has 206 valence electrons. The third-order valence-corrected chi connectivity index (χ3v) is 8.78. The van der Waals surface area contributed by atoms with Gasteiger partial charge < -0.3 is 19.3 Å². The maximum atomic E-state index is 12.1. The summed E-state index contributed by atoms with van der Waals surface area (Å²) in [5.41, 5.74) is 2.94. The van der Waals surface area contributed by atoms with Gasteiger partial charge in [-0.1, -0.05) is 73.7 Å². The van der Waals surface area contributed by atoms with Gasteiger partial charge in [0, 0.05) is 29.8 Å². The molecule has 1 N–H and O–H groups in total. The molecule has 0 amide bonds. The van der Waals surface area contributed by atoms with Crippen molar-refractivity contribution in [3.05, 3.63) is 95.6 Å². The van der Waals surface area contributed by atoms with Gasteiger partial charge in [-0.3, -0.25) is 9.69 Å². The standard InChI is InChI=1S/C33H39NO5/c1-24(36)32(2)22-34(31(20-35)38-21-25-10-6-4-7-11-25)19-28(32)26-14-15-29(37-3)30(18-26)39-23-33(16-17-33)27-12-8-5-9-13-27/h4-15,18,20,24,28,31,36H,16-17,19,21-23H2,1-3H3/t24-,28?,31?,32?/m1/s1. The number of aliphatic hydroxyl groups excluding tert-OH is 1. The summed E-state index contributed by atoms with van der Waals surface area (Å²) in [6.45, 7) is 5.96. The maximum Gasteiger partial charge on any atom is 0.167 e. The number of carbonyl (C=O) groups excluding carboxylic acids is 1. The molecule has 1 aliphatic heterocycles. The third-order valence-electron chi connectivity index (χ3n) is 8.78. The summed E-state index contributed by atoms with van der Waals surface area (Å²) >= 11 is 0. The van der Waals surface area contributed by atoms with Crippen LogP contribution in [0.25, 0.3) is 0 Å². The van der Waals surface area contributed by atoms with Crippen LogP contribution in [0.2, 0.25) is 0 Å². The molecule has 0 spiro atoms. The fraction of sp³-hybridized carbons (Fsp3) is 0.424. The molecular formula is C33H39NO5. The minimum Gasteiger partial charge on any atom is -0.493 e. The van der Waals surface area contributed by atoms with Crippen LogP contribution in [0.1, 0.15) is 49.3 Å². The minimum absolute atomic E-state index is 0.0301. The van der Waals surface area contributed by atoms with Crippen LogP contribution in [-0.4, -0.2) is 55.4 Å². The van der Waals surface area contributed by atoms with E-state index in [2.05, 4.69) is 37.3 Å². The van der Waals surface area contributed by atoms with E-state index in [-0.39, 0.29) is 11.3 Å². The Morgan fingerprint density at radius 1 is 1.03 bits per heavy atom. The first-order valence-electron chi connectivity index (χ1n) is 13.8. The van der Waals surface area contributed by atoms with Gasteiger partial charge in [0.05, 0.1) is 26.4 Å². The average molecular weight is 530 g/mol. The molecular weight excluding hydrogens is 490 g/mol. The monoisotopic (exact) mass is 529 g/mol. The van der Waals surface area contributed by atoms with Crippen molar-refractivity contribution in [1.29, 1.82) is 0 Å². The van der Waals surface area contributed by atoms with E-state index in [1.165, 1.54) is 5.56 Å². The van der Waals surface area contributed by atoms with Crippen molar-refractivity contribution in [1.82, 2.24) is 4.90 Å². The van der Waals surface area contributed by atoms with Crippen LogP contribution < -0.4 is 9.47 Å². The fourth-order valence-electron chi connectivity index (χ4n) is 5.84. The second kappa shape index (κ2) is 11.5. The van der Waals surface area contributed by atoms with Crippen molar-refractivity contribution < 1.29 is 24.1 Å². The highest BCUT2D eigenvalue weighted by Crippen LogP contribution is 2.50. The molecule has 5 rings (SSSR count). The van der Waals surface area contributed by atoms with Gasteiger partial charge in [0.1, 0.15) is 0 Å². The molecule has 1 saturated heterocycles. The van der Waals surface area contributed by atoms with Crippen molar-refractivity contribution >= 4 is 6.29 Å². The molecule has 3 aromatic rings. The average Bonchev–Trinajstić information content (AvgIpc) is 3.68. The Labute approximate surface area is 231 Å². The number of nitrogens with zero attached hydrogens (tertiary/aromatic N) is 1. The van der Waals surface area contributed by atoms with E-state index >= 15 is 0 Å². The number of aldehydes is 1. The van der Waals surface area contributed by atoms with E-state index in [9.17, 15) is 9.90 Å². The van der Waals surface area contributed by atoms with E-state index in [1.807, 2.05) is 60.4 Å². The van der Waals surface area contributed by atoms with Crippen LogP contribution in [0.15, 0.2) is 78.9 Å². The molecule has 0 radical (unpaired) electrons. The number of hydrogen-bond acceptors (Lipinski definition) is 6. The largest absolute Gasteiger partial charge is 0.493 e. The van der Waals surface area contributed by atoms with Gasteiger partial charge in [0.2, 0.25) is 0 Å². The maximum absolute atomic E-state index is 12.1. The molecule has 1 saturated carbocycles. The molecule has 4 atom stereocenters. The van der Waals surface area contributed by atoms with Gasteiger partial charge in [-0.15, -0.1) is 0 Å². The normalized spacial score (nSPS) is 23.6. The Kier molecular flexibility index (Phi) is 8.08. The predicted molar refractivity (Wildman–Crippen MR) is 151 cm³/mol. The number of carbonyl (C=O) groups is 1. The Morgan fingerprint density at radius 3 is 2.33 bits per heavy atom. The van der Waals surface area contributed by atoms with E-state index in [0.717, 1.165) is 30.3 Å². The zero-order valence-corrected chi connectivity index (χ0v) is 23.1. The number of likely N-dealkylation sites (tertiary alicyclic amines) is 1. The van der Waals surface area contributed by atoms with E-state index < -0.39 is 17.7 Å². The van der Waals surface area contributed by atoms with Crippen LogP contribution in [0, 0.1) is 5.41 Å². The highest BCUT2D eigenvalue weighted by Gasteiger charge is 2.49. The molecule has 0 aromatic heterocycles. The van der Waals surface area contributed by atoms with Gasteiger partial charge in [-0.25, -0.2) is 0 Å². The summed E-state index contributed by atoms with van der Waals surface area (Å²) in [6, 6.07) is 26.4. The van der Waals surface area contributed by atoms with Crippen LogP contribution in [0.3, 0.4) is 0 Å². The third kappa shape index (κ3) is 5.74. The fourth-order valence-corrected chi connectivity index (χ4v) is 5.84. The van der Waals surface area contributed by atoms with Gasteiger partial charge in [0.15, 0.2) is 24.0 Å². The summed E-state index contributed by atoms with van der Waals surface area (Å²) < 4.78 is 18.1. The van der Waals surface area contributed by atoms with Crippen LogP contribution in [0.5, 0.6) is 11.5 Å². The van der Waals surface area contributed by atoms with Crippen molar-refractivity contribution in [2.45, 2.75) is 57.0 Å². The summed E-state index contributed by atoms with van der Waals surface area (Å²) in [5, 5.41) is 10.9. The lowest BCUT2D eigenvalue weighted by Gasteiger charge is -2.34. The second-order valence-electron chi connectivity index (χ2n) is 11.3. The quantitative estimate of drug-likeness (QED) is 0.320. The van der Waals surface area contributed by atoms with Crippen molar-refractivity contribution in [2.24, 2.45) is 5.41 Å². The zero-order valence-electron chi connectivity index (χ0n) is 23.1. The summed E-state index contributed by atoms with van der Waals surface area (Å²) in [4.78, 5) is 14.1. The lowest BCUT2D eigenvalue weighted by molar-refractivity contribution is -0.132. The number of ether oxygens (including phenoxy) is 3. The lowest BCUT2D eigenvalue weighted by atomic mass is 9.72. The number of rotatable bonds is 12. The van der Waals surface area contributed by atoms with Gasteiger partial charge in [-0.2, -0.15) is 0 Å². The van der Waals surface area contributed by atoms with Gasteiger partial charge in [0.25, 0.3) is 0 Å². The van der Waals surface area contributed by atoms with Crippen molar-refractivity contribution in [3.8, 4) is 11.5 Å². The predicted octanol–water partition coefficient (Wildman–Crippen LogP) is 5.33. The minimum atomic E-state index is -0.692. The molecule has 39 heavy (non-hydrogen) atoms. The summed E-state index contributed by atoms with van der Waals surface area (Å²) in [6.07, 6.45) is 1.78. The summed E-state index contributed by atoms with van der Waals surface area (Å²) in [7, 11) is 1.65. The Bertz CT molecular complexity index is 1240. The Balaban J connectivity index is 1.35. The first-order valence-corrected chi connectivity index (χ1v) is 13.8. The van der Waals surface area contributed by atoms with Gasteiger partial charge in [-0.05, 0) is 48.6 Å². The molecule has 6 heteroatoms. The SMILES string of the molecule is COc1ccc(C2CN(C(C=O)OCc3ccccc3)CC2(C)[C@@H](C)O)cc1OCC1(c2ccccc2)CC1. The Hall–Kier alpha value is -3.19. The number of methoxy groups -OCH3 is 1. The first-order chi connectivity index (χ1) is 18.9. The molecule has 3 aromatic carbocycles. The van der Waals surface area contributed by atoms with Crippen LogP contribution >= 0.6 is 0 Å². The van der Waals surface area contributed by atoms with E-state index in [1.54, 1.807) is 7.11 Å². The van der Waals surface area contributed by atoms with Gasteiger partial charge >= 0.3 is 0 Å².